The first-order valence-electron chi connectivity index (χ1n) is 8.40. The molecule has 3 rings (SSSR count). The van der Waals surface area contributed by atoms with Crippen molar-refractivity contribution in [1.29, 1.82) is 0 Å². The van der Waals surface area contributed by atoms with Gasteiger partial charge < -0.3 is 5.32 Å². The Hall–Kier alpha value is -1.41. The van der Waals surface area contributed by atoms with Crippen LogP contribution in [0.4, 0.5) is 0 Å². The van der Waals surface area contributed by atoms with E-state index in [9.17, 15) is 0 Å². The average Bonchev–Trinajstić information content (AvgIpc) is 3.01. The summed E-state index contributed by atoms with van der Waals surface area (Å²) < 4.78 is 0. The van der Waals surface area contributed by atoms with Gasteiger partial charge in [0.05, 0.1) is 5.52 Å². The lowest BCUT2D eigenvalue weighted by Gasteiger charge is -2.26. The van der Waals surface area contributed by atoms with Gasteiger partial charge in [0, 0.05) is 17.6 Å². The highest BCUT2D eigenvalue weighted by atomic mass is 14.9. The van der Waals surface area contributed by atoms with E-state index in [1.807, 2.05) is 6.20 Å². The lowest BCUT2D eigenvalue weighted by atomic mass is 9.88. The lowest BCUT2D eigenvalue weighted by molar-refractivity contribution is 0.361. The zero-order chi connectivity index (χ0) is 14.7. The van der Waals surface area contributed by atoms with E-state index in [0.717, 1.165) is 23.9 Å². The molecule has 3 unspecified atom stereocenters. The molecule has 0 bridgehead atoms. The molecule has 1 aromatic heterocycles. The number of pyridine rings is 1. The topological polar surface area (TPSA) is 24.9 Å². The van der Waals surface area contributed by atoms with Crippen LogP contribution in [0.25, 0.3) is 10.9 Å². The molecule has 2 heteroatoms. The third-order valence-electron chi connectivity index (χ3n) is 5.07. The Morgan fingerprint density at radius 3 is 2.86 bits per heavy atom. The Morgan fingerprint density at radius 2 is 2.10 bits per heavy atom. The summed E-state index contributed by atoms with van der Waals surface area (Å²) >= 11 is 0. The van der Waals surface area contributed by atoms with E-state index in [-0.39, 0.29) is 0 Å². The minimum absolute atomic E-state index is 0.472. The molecule has 1 aliphatic carbocycles. The molecule has 1 aliphatic rings. The molecule has 1 aromatic carbocycles. The van der Waals surface area contributed by atoms with Crippen LogP contribution in [0.15, 0.2) is 36.5 Å². The van der Waals surface area contributed by atoms with Gasteiger partial charge in [-0.25, -0.2) is 0 Å². The monoisotopic (exact) mass is 282 g/mol. The molecule has 0 amide bonds. The van der Waals surface area contributed by atoms with Crippen LogP contribution in [0.2, 0.25) is 0 Å². The molecule has 1 heterocycles. The molecule has 0 spiro atoms. The van der Waals surface area contributed by atoms with Crippen molar-refractivity contribution in [3.05, 3.63) is 42.1 Å². The molecular formula is C19H26N2. The van der Waals surface area contributed by atoms with Gasteiger partial charge in [-0.3, -0.25) is 4.98 Å². The number of rotatable bonds is 5. The van der Waals surface area contributed by atoms with Gasteiger partial charge in [-0.15, -0.1) is 0 Å². The smallest absolute Gasteiger partial charge is 0.0705 e. The van der Waals surface area contributed by atoms with Crippen molar-refractivity contribution in [2.75, 3.05) is 6.54 Å². The minimum Gasteiger partial charge on any atom is -0.310 e. The molecule has 3 atom stereocenters. The van der Waals surface area contributed by atoms with Crippen LogP contribution >= 0.6 is 0 Å². The van der Waals surface area contributed by atoms with E-state index < -0.39 is 0 Å². The zero-order valence-electron chi connectivity index (χ0n) is 13.2. The average molecular weight is 282 g/mol. The Morgan fingerprint density at radius 1 is 1.19 bits per heavy atom. The zero-order valence-corrected chi connectivity index (χ0v) is 13.2. The summed E-state index contributed by atoms with van der Waals surface area (Å²) in [6, 6.07) is 11.3. The van der Waals surface area contributed by atoms with E-state index in [2.05, 4.69) is 54.5 Å². The third-order valence-corrected chi connectivity index (χ3v) is 5.07. The number of hydrogen-bond acceptors (Lipinski definition) is 2. The molecule has 0 radical (unpaired) electrons. The van der Waals surface area contributed by atoms with Crippen molar-refractivity contribution in [2.45, 2.75) is 45.6 Å². The summed E-state index contributed by atoms with van der Waals surface area (Å²) in [6.45, 7) is 5.56. The van der Waals surface area contributed by atoms with E-state index in [1.54, 1.807) is 0 Å². The van der Waals surface area contributed by atoms with Crippen LogP contribution < -0.4 is 5.32 Å². The summed E-state index contributed by atoms with van der Waals surface area (Å²) in [5, 5.41) is 5.06. The second kappa shape index (κ2) is 6.57. The van der Waals surface area contributed by atoms with Crippen molar-refractivity contribution >= 4 is 10.9 Å². The van der Waals surface area contributed by atoms with Gasteiger partial charge in [0.15, 0.2) is 0 Å². The highest BCUT2D eigenvalue weighted by Crippen LogP contribution is 2.41. The van der Waals surface area contributed by atoms with Crippen molar-refractivity contribution in [2.24, 2.45) is 11.8 Å². The Labute approximate surface area is 128 Å². The van der Waals surface area contributed by atoms with E-state index in [0.29, 0.717) is 6.04 Å². The summed E-state index contributed by atoms with van der Waals surface area (Å²) in [5.41, 5.74) is 2.55. The van der Waals surface area contributed by atoms with Gasteiger partial charge in [0.25, 0.3) is 0 Å². The number of benzene rings is 1. The molecule has 2 aromatic rings. The van der Waals surface area contributed by atoms with Crippen molar-refractivity contribution in [3.8, 4) is 0 Å². The second-order valence-electron chi connectivity index (χ2n) is 6.30. The van der Waals surface area contributed by atoms with Crippen LogP contribution in [-0.4, -0.2) is 11.5 Å². The molecule has 2 nitrogen and oxygen atoms in total. The van der Waals surface area contributed by atoms with E-state index >= 15 is 0 Å². The predicted molar refractivity (Wildman–Crippen MR) is 89.3 cm³/mol. The summed E-state index contributed by atoms with van der Waals surface area (Å²) in [7, 11) is 0. The maximum absolute atomic E-state index is 4.51. The number of nitrogens with one attached hydrogen (secondary N) is 1. The highest BCUT2D eigenvalue weighted by molar-refractivity contribution is 5.82. The van der Waals surface area contributed by atoms with Gasteiger partial charge in [-0.1, -0.05) is 44.9 Å². The molecule has 21 heavy (non-hydrogen) atoms. The summed E-state index contributed by atoms with van der Waals surface area (Å²) in [6.07, 6.45) is 7.33. The fourth-order valence-corrected chi connectivity index (χ4v) is 3.94. The molecule has 1 fully saturated rings. The number of aromatic nitrogens is 1. The maximum atomic E-state index is 4.51. The SMILES string of the molecule is CCNC(c1cccc2ncccc12)C1CCC(CC)C1. The van der Waals surface area contributed by atoms with Gasteiger partial charge in [0.1, 0.15) is 0 Å². The van der Waals surface area contributed by atoms with Crippen molar-refractivity contribution < 1.29 is 0 Å². The van der Waals surface area contributed by atoms with Gasteiger partial charge in [-0.2, -0.15) is 0 Å². The molecule has 1 saturated carbocycles. The summed E-state index contributed by atoms with van der Waals surface area (Å²) in [4.78, 5) is 4.51. The van der Waals surface area contributed by atoms with Crippen LogP contribution in [-0.2, 0) is 0 Å². The first-order valence-corrected chi connectivity index (χ1v) is 8.40. The van der Waals surface area contributed by atoms with Crippen LogP contribution in [0, 0.1) is 11.8 Å². The predicted octanol–water partition coefficient (Wildman–Crippen LogP) is 4.71. The van der Waals surface area contributed by atoms with Crippen LogP contribution in [0.1, 0.15) is 51.1 Å². The fourth-order valence-electron chi connectivity index (χ4n) is 3.94. The number of hydrogen-bond donors (Lipinski definition) is 1. The highest BCUT2D eigenvalue weighted by Gasteiger charge is 2.31. The van der Waals surface area contributed by atoms with E-state index in [4.69, 9.17) is 0 Å². The van der Waals surface area contributed by atoms with E-state index in [1.165, 1.54) is 36.6 Å². The lowest BCUT2D eigenvalue weighted by Crippen LogP contribution is -2.27. The fraction of sp³-hybridized carbons (Fsp3) is 0.526. The third kappa shape index (κ3) is 2.96. The molecule has 1 N–H and O–H groups in total. The van der Waals surface area contributed by atoms with Crippen LogP contribution in [0.5, 0.6) is 0 Å². The first-order chi connectivity index (χ1) is 10.3. The van der Waals surface area contributed by atoms with Crippen molar-refractivity contribution in [1.82, 2.24) is 10.3 Å². The largest absolute Gasteiger partial charge is 0.310 e. The van der Waals surface area contributed by atoms with Gasteiger partial charge in [-0.05, 0) is 48.9 Å². The van der Waals surface area contributed by atoms with Crippen LogP contribution in [0.3, 0.4) is 0 Å². The number of fused-ring (bicyclic) bond motifs is 1. The van der Waals surface area contributed by atoms with Gasteiger partial charge >= 0.3 is 0 Å². The Bertz CT molecular complexity index is 588. The minimum atomic E-state index is 0.472. The van der Waals surface area contributed by atoms with Crippen molar-refractivity contribution in [3.63, 3.8) is 0 Å². The number of nitrogens with zero attached hydrogens (tertiary/aromatic N) is 1. The molecular weight excluding hydrogens is 256 g/mol. The molecule has 0 saturated heterocycles. The molecule has 112 valence electrons. The quantitative estimate of drug-likeness (QED) is 0.859. The standard InChI is InChI=1S/C19H26N2/c1-3-14-10-11-15(13-14)19(20-4-2)17-7-5-9-18-16(17)8-6-12-21-18/h5-9,12,14-15,19-20H,3-4,10-11,13H2,1-2H3. The summed E-state index contributed by atoms with van der Waals surface area (Å²) in [5.74, 6) is 1.69. The second-order valence-corrected chi connectivity index (χ2v) is 6.30. The molecule has 0 aliphatic heterocycles. The van der Waals surface area contributed by atoms with Gasteiger partial charge in [0.2, 0.25) is 0 Å². The normalized spacial score (nSPS) is 23.5. The Kier molecular flexibility index (Phi) is 4.54. The Balaban J connectivity index is 1.96. The maximum Gasteiger partial charge on any atom is 0.0705 e. The first kappa shape index (κ1) is 14.5.